The molecule has 3 amide bonds. The van der Waals surface area contributed by atoms with E-state index in [1.807, 2.05) is 0 Å². The summed E-state index contributed by atoms with van der Waals surface area (Å²) in [6, 6.07) is 2.34. The van der Waals surface area contributed by atoms with Crippen molar-refractivity contribution in [2.75, 3.05) is 12.4 Å². The molecule has 2 N–H and O–H groups in total. The molecule has 26 heavy (non-hydrogen) atoms. The largest absolute Gasteiger partial charge is 0.455 e. The van der Waals surface area contributed by atoms with Gasteiger partial charge in [0, 0.05) is 10.9 Å². The van der Waals surface area contributed by atoms with Gasteiger partial charge in [-0.25, -0.2) is 13.6 Å². The van der Waals surface area contributed by atoms with Crippen LogP contribution in [0.2, 0.25) is 0 Å². The van der Waals surface area contributed by atoms with Crippen LogP contribution in [-0.4, -0.2) is 36.3 Å². The fraction of sp³-hybridized carbons (Fsp3) is 0.471. The molecule has 0 unspecified atom stereocenters. The number of imide groups is 1. The van der Waals surface area contributed by atoms with E-state index in [1.165, 1.54) is 0 Å². The van der Waals surface area contributed by atoms with Crippen LogP contribution >= 0.6 is 11.8 Å². The fourth-order valence-electron chi connectivity index (χ4n) is 2.54. The molecule has 0 aliphatic heterocycles. The highest BCUT2D eigenvalue weighted by molar-refractivity contribution is 8.00. The lowest BCUT2D eigenvalue weighted by Gasteiger charge is -2.22. The van der Waals surface area contributed by atoms with Crippen LogP contribution in [0.25, 0.3) is 0 Å². The molecule has 1 aliphatic rings. The van der Waals surface area contributed by atoms with Gasteiger partial charge in [0.1, 0.15) is 11.6 Å². The van der Waals surface area contributed by atoms with E-state index >= 15 is 0 Å². The number of amides is 3. The number of nitrogens with one attached hydrogen (secondary N) is 2. The molecule has 0 heterocycles. The number of carbonyl (C=O) groups excluding carboxylic acids is 3. The molecule has 1 aromatic carbocycles. The van der Waals surface area contributed by atoms with E-state index < -0.39 is 36.1 Å². The van der Waals surface area contributed by atoms with E-state index in [4.69, 9.17) is 4.74 Å². The Morgan fingerprint density at radius 2 is 1.88 bits per heavy atom. The first-order valence-electron chi connectivity index (χ1n) is 8.28. The lowest BCUT2D eigenvalue weighted by atomic mass is 9.96. The summed E-state index contributed by atoms with van der Waals surface area (Å²) in [6.45, 7) is -0.622. The molecule has 142 valence electrons. The van der Waals surface area contributed by atoms with Crippen molar-refractivity contribution >= 4 is 29.7 Å². The number of hydrogen-bond donors (Lipinski definition) is 2. The maximum Gasteiger partial charge on any atom is 0.321 e. The summed E-state index contributed by atoms with van der Waals surface area (Å²) in [5, 5.41) is 4.79. The fourth-order valence-corrected chi connectivity index (χ4v) is 3.30. The van der Waals surface area contributed by atoms with Gasteiger partial charge in [-0.3, -0.25) is 14.9 Å². The van der Waals surface area contributed by atoms with Gasteiger partial charge < -0.3 is 10.1 Å². The van der Waals surface area contributed by atoms with Gasteiger partial charge >= 0.3 is 12.0 Å². The van der Waals surface area contributed by atoms with Crippen molar-refractivity contribution in [2.24, 2.45) is 0 Å². The minimum Gasteiger partial charge on any atom is -0.455 e. The van der Waals surface area contributed by atoms with Gasteiger partial charge in [-0.2, -0.15) is 0 Å². The van der Waals surface area contributed by atoms with E-state index in [-0.39, 0.29) is 16.7 Å². The van der Waals surface area contributed by atoms with Crippen molar-refractivity contribution in [1.82, 2.24) is 10.6 Å². The number of rotatable bonds is 6. The van der Waals surface area contributed by atoms with E-state index in [1.54, 1.807) is 0 Å². The Morgan fingerprint density at radius 3 is 2.62 bits per heavy atom. The summed E-state index contributed by atoms with van der Waals surface area (Å²) in [6.07, 6.45) is 4.99. The Bertz CT molecular complexity index is 666. The lowest BCUT2D eigenvalue weighted by Crippen LogP contribution is -2.46. The summed E-state index contributed by atoms with van der Waals surface area (Å²) in [5.41, 5.74) is 0. The van der Waals surface area contributed by atoms with Crippen LogP contribution in [-0.2, 0) is 14.3 Å². The molecule has 0 atom stereocenters. The van der Waals surface area contributed by atoms with Crippen LogP contribution in [0.4, 0.5) is 13.6 Å². The molecule has 1 aromatic rings. The highest BCUT2D eigenvalue weighted by Crippen LogP contribution is 2.22. The number of ether oxygens (including phenoxy) is 1. The lowest BCUT2D eigenvalue weighted by molar-refractivity contribution is -0.145. The predicted octanol–water partition coefficient (Wildman–Crippen LogP) is 2.76. The van der Waals surface area contributed by atoms with Gasteiger partial charge in [-0.1, -0.05) is 19.3 Å². The van der Waals surface area contributed by atoms with E-state index in [2.05, 4.69) is 10.6 Å². The second-order valence-corrected chi connectivity index (χ2v) is 6.90. The molecule has 0 spiro atoms. The number of urea groups is 1. The van der Waals surface area contributed by atoms with Crippen molar-refractivity contribution < 1.29 is 27.9 Å². The third-order valence-corrected chi connectivity index (χ3v) is 4.80. The van der Waals surface area contributed by atoms with E-state index in [0.717, 1.165) is 62.1 Å². The smallest absolute Gasteiger partial charge is 0.321 e. The number of carbonyl (C=O) groups is 3. The maximum absolute atomic E-state index is 13.4. The van der Waals surface area contributed by atoms with E-state index in [9.17, 15) is 23.2 Å². The summed E-state index contributed by atoms with van der Waals surface area (Å²) in [4.78, 5) is 34.8. The van der Waals surface area contributed by atoms with Gasteiger partial charge in [-0.05, 0) is 31.0 Å². The third kappa shape index (κ3) is 6.99. The van der Waals surface area contributed by atoms with Crippen LogP contribution in [0.1, 0.15) is 32.1 Å². The summed E-state index contributed by atoms with van der Waals surface area (Å²) < 4.78 is 31.2. The molecular weight excluding hydrogens is 366 g/mol. The zero-order valence-electron chi connectivity index (χ0n) is 14.1. The Morgan fingerprint density at radius 1 is 1.15 bits per heavy atom. The number of benzene rings is 1. The number of halogens is 2. The minimum atomic E-state index is -0.776. The maximum atomic E-state index is 13.4. The molecule has 1 saturated carbocycles. The topological polar surface area (TPSA) is 84.5 Å². The SMILES string of the molecule is O=C(COC(=O)CSc1cc(F)ccc1F)NC(=O)NC1CCCCC1. The number of esters is 1. The van der Waals surface area contributed by atoms with Crippen molar-refractivity contribution in [3.8, 4) is 0 Å². The van der Waals surface area contributed by atoms with Crippen LogP contribution in [0, 0.1) is 11.6 Å². The predicted molar refractivity (Wildman–Crippen MR) is 91.6 cm³/mol. The third-order valence-electron chi connectivity index (χ3n) is 3.80. The molecule has 0 bridgehead atoms. The molecule has 0 saturated heterocycles. The first kappa shape index (κ1) is 20.2. The zero-order valence-corrected chi connectivity index (χ0v) is 14.9. The molecule has 1 aliphatic carbocycles. The average Bonchev–Trinajstić information content (AvgIpc) is 2.61. The molecule has 0 aromatic heterocycles. The molecule has 9 heteroatoms. The monoisotopic (exact) mass is 386 g/mol. The van der Waals surface area contributed by atoms with Crippen LogP contribution in [0.3, 0.4) is 0 Å². The van der Waals surface area contributed by atoms with Gasteiger partial charge in [0.05, 0.1) is 5.75 Å². The first-order chi connectivity index (χ1) is 12.4. The average molecular weight is 386 g/mol. The summed E-state index contributed by atoms with van der Waals surface area (Å²) >= 11 is 0.758. The first-order valence-corrected chi connectivity index (χ1v) is 9.26. The van der Waals surface area contributed by atoms with Crippen LogP contribution in [0.5, 0.6) is 0 Å². The Kier molecular flexibility index (Phi) is 7.83. The van der Waals surface area contributed by atoms with Gasteiger partial charge in [-0.15, -0.1) is 11.8 Å². The quantitative estimate of drug-likeness (QED) is 0.580. The number of thioether (sulfide) groups is 1. The minimum absolute atomic E-state index is 0.0294. The van der Waals surface area contributed by atoms with Gasteiger partial charge in [0.25, 0.3) is 5.91 Å². The van der Waals surface area contributed by atoms with Crippen molar-refractivity contribution in [3.63, 3.8) is 0 Å². The highest BCUT2D eigenvalue weighted by Gasteiger charge is 2.17. The summed E-state index contributed by atoms with van der Waals surface area (Å²) in [7, 11) is 0. The Hall–Kier alpha value is -2.16. The standard InChI is InChI=1S/C17H20F2N2O4S/c18-11-6-7-13(19)14(8-11)26-10-16(23)25-9-15(22)21-17(24)20-12-4-2-1-3-5-12/h6-8,12H,1-5,9-10H2,(H2,20,21,22,24). The summed E-state index contributed by atoms with van der Waals surface area (Å²) in [5.74, 6) is -3.09. The van der Waals surface area contributed by atoms with Gasteiger partial charge in [0.2, 0.25) is 0 Å². The normalized spacial score (nSPS) is 14.5. The second kappa shape index (κ2) is 10.1. The van der Waals surface area contributed by atoms with Crippen molar-refractivity contribution in [2.45, 2.75) is 43.0 Å². The molecule has 6 nitrogen and oxygen atoms in total. The Balaban J connectivity index is 1.65. The van der Waals surface area contributed by atoms with Crippen molar-refractivity contribution in [1.29, 1.82) is 0 Å². The van der Waals surface area contributed by atoms with E-state index in [0.29, 0.717) is 0 Å². The molecule has 1 fully saturated rings. The molecule has 0 radical (unpaired) electrons. The zero-order chi connectivity index (χ0) is 18.9. The number of hydrogen-bond acceptors (Lipinski definition) is 5. The molecule has 2 rings (SSSR count). The van der Waals surface area contributed by atoms with Crippen LogP contribution in [0.15, 0.2) is 23.1 Å². The van der Waals surface area contributed by atoms with Gasteiger partial charge in [0.15, 0.2) is 6.61 Å². The van der Waals surface area contributed by atoms with Crippen LogP contribution < -0.4 is 10.6 Å². The van der Waals surface area contributed by atoms with Crippen molar-refractivity contribution in [3.05, 3.63) is 29.8 Å². The Labute approximate surface area is 154 Å². The molecular formula is C17H20F2N2O4S. The highest BCUT2D eigenvalue weighted by atomic mass is 32.2. The second-order valence-electron chi connectivity index (χ2n) is 5.88.